The summed E-state index contributed by atoms with van der Waals surface area (Å²) < 4.78 is 33.0. The average molecular weight is 377 g/mol. The fourth-order valence-electron chi connectivity index (χ4n) is 3.08. The van der Waals surface area contributed by atoms with Crippen molar-refractivity contribution in [1.29, 1.82) is 0 Å². The zero-order valence-electron chi connectivity index (χ0n) is 14.1. The van der Waals surface area contributed by atoms with Gasteiger partial charge in [-0.15, -0.1) is 0 Å². The Hall–Kier alpha value is -2.58. The number of ether oxygens (including phenoxy) is 1. The zero-order valence-corrected chi connectivity index (χ0v) is 14.9. The van der Waals surface area contributed by atoms with Crippen LogP contribution in [0.5, 0.6) is 5.75 Å². The normalized spacial score (nSPS) is 16.6. The topological polar surface area (TPSA) is 113 Å². The molecule has 0 fully saturated rings. The lowest BCUT2D eigenvalue weighted by atomic mass is 9.89. The SMILES string of the molecule is COc1ccc(C(=O)O)cc1S(=O)(=O)Nc1ccc2c(c1)CCC[C@H]2O. The summed E-state index contributed by atoms with van der Waals surface area (Å²) >= 11 is 0. The fraction of sp³-hybridized carbons (Fsp3) is 0.278. The molecule has 0 aliphatic heterocycles. The molecule has 7 nitrogen and oxygen atoms in total. The van der Waals surface area contributed by atoms with Gasteiger partial charge in [0, 0.05) is 5.69 Å². The number of carbonyl (C=O) groups is 1. The maximum absolute atomic E-state index is 12.8. The van der Waals surface area contributed by atoms with E-state index in [0.717, 1.165) is 30.0 Å². The van der Waals surface area contributed by atoms with Gasteiger partial charge >= 0.3 is 5.97 Å². The van der Waals surface area contributed by atoms with Crippen LogP contribution in [0.25, 0.3) is 0 Å². The molecule has 0 unspecified atom stereocenters. The van der Waals surface area contributed by atoms with Crippen molar-refractivity contribution in [3.63, 3.8) is 0 Å². The first-order valence-corrected chi connectivity index (χ1v) is 9.55. The van der Waals surface area contributed by atoms with Gasteiger partial charge in [0.15, 0.2) is 0 Å². The number of aliphatic hydroxyl groups is 1. The standard InChI is InChI=1S/C18H19NO6S/c1-25-16-8-5-12(18(21)22)10-17(16)26(23,24)19-13-6-7-14-11(9-13)3-2-4-15(14)20/h5-10,15,19-20H,2-4H2,1H3,(H,21,22)/t15-/m1/s1. The van der Waals surface area contributed by atoms with Gasteiger partial charge in [-0.25, -0.2) is 13.2 Å². The summed E-state index contributed by atoms with van der Waals surface area (Å²) in [5.41, 5.74) is 1.90. The molecular weight excluding hydrogens is 358 g/mol. The van der Waals surface area contributed by atoms with E-state index in [1.807, 2.05) is 0 Å². The quantitative estimate of drug-likeness (QED) is 0.738. The third kappa shape index (κ3) is 3.51. The molecule has 3 rings (SSSR count). The van der Waals surface area contributed by atoms with Crippen LogP contribution in [0.4, 0.5) is 5.69 Å². The highest BCUT2D eigenvalue weighted by molar-refractivity contribution is 7.92. The van der Waals surface area contributed by atoms with Crippen LogP contribution in [0.1, 0.15) is 40.4 Å². The third-order valence-electron chi connectivity index (χ3n) is 4.38. The number of fused-ring (bicyclic) bond motifs is 1. The molecule has 138 valence electrons. The first-order valence-electron chi connectivity index (χ1n) is 8.07. The molecule has 2 aromatic carbocycles. The molecule has 0 amide bonds. The van der Waals surface area contributed by atoms with Crippen LogP contribution in [0.2, 0.25) is 0 Å². The van der Waals surface area contributed by atoms with E-state index in [9.17, 15) is 18.3 Å². The number of carboxylic acid groups (broad SMARTS) is 1. The van der Waals surface area contributed by atoms with Crippen LogP contribution < -0.4 is 9.46 Å². The number of sulfonamides is 1. The predicted molar refractivity (Wildman–Crippen MR) is 95.1 cm³/mol. The Labute approximate surface area is 151 Å². The Morgan fingerprint density at radius 1 is 1.23 bits per heavy atom. The van der Waals surface area contributed by atoms with Crippen LogP contribution >= 0.6 is 0 Å². The number of hydrogen-bond acceptors (Lipinski definition) is 5. The summed E-state index contributed by atoms with van der Waals surface area (Å²) in [6.07, 6.45) is 1.76. The van der Waals surface area contributed by atoms with Crippen molar-refractivity contribution >= 4 is 21.7 Å². The van der Waals surface area contributed by atoms with E-state index in [-0.39, 0.29) is 16.2 Å². The molecule has 1 aliphatic carbocycles. The highest BCUT2D eigenvalue weighted by atomic mass is 32.2. The molecule has 0 bridgehead atoms. The number of aromatic carboxylic acids is 1. The Bertz CT molecular complexity index is 954. The number of methoxy groups -OCH3 is 1. The molecule has 8 heteroatoms. The summed E-state index contributed by atoms with van der Waals surface area (Å²) in [4.78, 5) is 10.9. The number of nitrogens with one attached hydrogen (secondary N) is 1. The third-order valence-corrected chi connectivity index (χ3v) is 5.78. The Balaban J connectivity index is 1.97. The van der Waals surface area contributed by atoms with Crippen molar-refractivity contribution in [3.8, 4) is 5.75 Å². The Kier molecular flexibility index (Phi) is 4.88. The largest absolute Gasteiger partial charge is 0.495 e. The molecule has 3 N–H and O–H groups in total. The maximum Gasteiger partial charge on any atom is 0.335 e. The molecule has 1 aliphatic rings. The minimum absolute atomic E-state index is 0.0517. The van der Waals surface area contributed by atoms with Gasteiger partial charge in [-0.05, 0) is 60.7 Å². The summed E-state index contributed by atoms with van der Waals surface area (Å²) in [6.45, 7) is 0. The van der Waals surface area contributed by atoms with Crippen molar-refractivity contribution < 1.29 is 28.2 Å². The van der Waals surface area contributed by atoms with Crippen molar-refractivity contribution in [1.82, 2.24) is 0 Å². The van der Waals surface area contributed by atoms with Gasteiger partial charge in [-0.3, -0.25) is 4.72 Å². The Morgan fingerprint density at radius 3 is 2.69 bits per heavy atom. The summed E-state index contributed by atoms with van der Waals surface area (Å²) in [5, 5.41) is 19.1. The number of rotatable bonds is 5. The second-order valence-corrected chi connectivity index (χ2v) is 7.75. The van der Waals surface area contributed by atoms with Gasteiger partial charge in [0.2, 0.25) is 0 Å². The van der Waals surface area contributed by atoms with E-state index in [1.165, 1.54) is 19.2 Å². The highest BCUT2D eigenvalue weighted by Crippen LogP contribution is 2.33. The summed E-state index contributed by atoms with van der Waals surface area (Å²) in [7, 11) is -2.74. The minimum Gasteiger partial charge on any atom is -0.495 e. The van der Waals surface area contributed by atoms with Crippen LogP contribution in [0.15, 0.2) is 41.3 Å². The van der Waals surface area contributed by atoms with Crippen LogP contribution in [0.3, 0.4) is 0 Å². The van der Waals surface area contributed by atoms with Crippen molar-refractivity contribution in [2.45, 2.75) is 30.3 Å². The highest BCUT2D eigenvalue weighted by Gasteiger charge is 2.23. The Morgan fingerprint density at radius 2 is 2.00 bits per heavy atom. The van der Waals surface area contributed by atoms with Gasteiger partial charge in [0.25, 0.3) is 10.0 Å². The zero-order chi connectivity index (χ0) is 18.9. The van der Waals surface area contributed by atoms with E-state index in [1.54, 1.807) is 18.2 Å². The molecule has 0 heterocycles. The maximum atomic E-state index is 12.8. The van der Waals surface area contributed by atoms with Crippen molar-refractivity contribution in [3.05, 3.63) is 53.1 Å². The van der Waals surface area contributed by atoms with Crippen molar-refractivity contribution in [2.24, 2.45) is 0 Å². The number of aryl methyl sites for hydroxylation is 1. The number of benzene rings is 2. The van der Waals surface area contributed by atoms with Crippen molar-refractivity contribution in [2.75, 3.05) is 11.8 Å². The predicted octanol–water partition coefficient (Wildman–Crippen LogP) is 2.56. The molecule has 26 heavy (non-hydrogen) atoms. The molecule has 0 radical (unpaired) electrons. The molecule has 0 aromatic heterocycles. The molecule has 0 saturated carbocycles. The summed E-state index contributed by atoms with van der Waals surface area (Å²) in [5.74, 6) is -1.18. The van der Waals surface area contributed by atoms with Gasteiger partial charge < -0.3 is 14.9 Å². The van der Waals surface area contributed by atoms with Gasteiger partial charge in [0.05, 0.1) is 18.8 Å². The summed E-state index contributed by atoms with van der Waals surface area (Å²) in [6, 6.07) is 8.64. The average Bonchev–Trinajstić information content (AvgIpc) is 2.61. The lowest BCUT2D eigenvalue weighted by Gasteiger charge is -2.22. The van der Waals surface area contributed by atoms with E-state index in [2.05, 4.69) is 4.72 Å². The first kappa shape index (κ1) is 18.2. The van der Waals surface area contributed by atoms with Crippen LogP contribution in [-0.4, -0.2) is 31.7 Å². The molecular formula is C18H19NO6S. The van der Waals surface area contributed by atoms with Gasteiger partial charge in [0.1, 0.15) is 10.6 Å². The van der Waals surface area contributed by atoms with Crippen LogP contribution in [0, 0.1) is 0 Å². The van der Waals surface area contributed by atoms with E-state index in [0.29, 0.717) is 12.1 Å². The molecule has 0 saturated heterocycles. The lowest BCUT2D eigenvalue weighted by molar-refractivity contribution is 0.0696. The van der Waals surface area contributed by atoms with Crippen LogP contribution in [-0.2, 0) is 16.4 Å². The lowest BCUT2D eigenvalue weighted by Crippen LogP contribution is -2.16. The van der Waals surface area contributed by atoms with E-state index in [4.69, 9.17) is 9.84 Å². The smallest absolute Gasteiger partial charge is 0.335 e. The second-order valence-electron chi connectivity index (χ2n) is 6.10. The number of aliphatic hydroxyl groups excluding tert-OH is 1. The van der Waals surface area contributed by atoms with E-state index >= 15 is 0 Å². The van der Waals surface area contributed by atoms with Gasteiger partial charge in [-0.1, -0.05) is 6.07 Å². The number of anilines is 1. The monoisotopic (exact) mass is 377 g/mol. The number of carboxylic acids is 1. The first-order chi connectivity index (χ1) is 12.3. The molecule has 2 aromatic rings. The van der Waals surface area contributed by atoms with E-state index < -0.39 is 22.1 Å². The second kappa shape index (κ2) is 6.97. The minimum atomic E-state index is -4.05. The fourth-order valence-corrected chi connectivity index (χ4v) is 4.33. The number of hydrogen-bond donors (Lipinski definition) is 3. The molecule has 1 atom stereocenters. The van der Waals surface area contributed by atoms with Gasteiger partial charge in [-0.2, -0.15) is 0 Å². The molecule has 0 spiro atoms.